The van der Waals surface area contributed by atoms with Gasteiger partial charge in [-0.3, -0.25) is 14.6 Å². The highest BCUT2D eigenvalue weighted by Gasteiger charge is 2.10. The van der Waals surface area contributed by atoms with Gasteiger partial charge in [0.25, 0.3) is 11.8 Å². The predicted octanol–water partition coefficient (Wildman–Crippen LogP) is 5.14. The molecule has 0 unspecified atom stereocenters. The summed E-state index contributed by atoms with van der Waals surface area (Å²) < 4.78 is 5.67. The molecular formula is C26H22ClN3O3. The van der Waals surface area contributed by atoms with Crippen LogP contribution in [0.2, 0.25) is 5.02 Å². The summed E-state index contributed by atoms with van der Waals surface area (Å²) in [5.74, 6) is 0.0301. The molecule has 0 saturated heterocycles. The molecule has 0 aliphatic carbocycles. The van der Waals surface area contributed by atoms with Crippen LogP contribution >= 0.6 is 11.6 Å². The van der Waals surface area contributed by atoms with Gasteiger partial charge in [0.15, 0.2) is 6.61 Å². The van der Waals surface area contributed by atoms with Crippen LogP contribution in [0.1, 0.15) is 21.5 Å². The third-order valence-corrected chi connectivity index (χ3v) is 5.36. The summed E-state index contributed by atoms with van der Waals surface area (Å²) in [6.07, 6.45) is 1.65. The zero-order valence-corrected chi connectivity index (χ0v) is 18.7. The molecule has 1 aromatic heterocycles. The number of anilines is 1. The van der Waals surface area contributed by atoms with Crippen LogP contribution in [-0.4, -0.2) is 23.4 Å². The zero-order chi connectivity index (χ0) is 23.2. The summed E-state index contributed by atoms with van der Waals surface area (Å²) in [6.45, 7) is 2.12. The smallest absolute Gasteiger partial charge is 0.258 e. The van der Waals surface area contributed by atoms with E-state index >= 15 is 0 Å². The minimum Gasteiger partial charge on any atom is -0.481 e. The molecule has 7 heteroatoms. The van der Waals surface area contributed by atoms with Crippen molar-refractivity contribution in [2.24, 2.45) is 0 Å². The molecule has 0 aliphatic heterocycles. The van der Waals surface area contributed by atoms with Crippen molar-refractivity contribution in [1.29, 1.82) is 0 Å². The van der Waals surface area contributed by atoms with Crippen molar-refractivity contribution >= 4 is 40.0 Å². The van der Waals surface area contributed by atoms with E-state index in [0.29, 0.717) is 34.1 Å². The first-order valence-corrected chi connectivity index (χ1v) is 10.8. The Bertz CT molecular complexity index is 1310. The van der Waals surface area contributed by atoms with Gasteiger partial charge < -0.3 is 15.4 Å². The lowest BCUT2D eigenvalue weighted by Gasteiger charge is -2.11. The first kappa shape index (κ1) is 22.3. The van der Waals surface area contributed by atoms with Gasteiger partial charge in [0.1, 0.15) is 11.3 Å². The van der Waals surface area contributed by atoms with E-state index in [1.165, 1.54) is 0 Å². The lowest BCUT2D eigenvalue weighted by molar-refractivity contribution is -0.123. The number of rotatable bonds is 7. The predicted molar refractivity (Wildman–Crippen MR) is 130 cm³/mol. The van der Waals surface area contributed by atoms with Crippen LogP contribution in [0.25, 0.3) is 10.9 Å². The Labute approximate surface area is 196 Å². The average Bonchev–Trinajstić information content (AvgIpc) is 2.83. The fraction of sp³-hybridized carbons (Fsp3) is 0.115. The third kappa shape index (κ3) is 5.67. The molecule has 2 N–H and O–H groups in total. The maximum absolute atomic E-state index is 12.4. The van der Waals surface area contributed by atoms with Crippen LogP contribution < -0.4 is 15.4 Å². The topological polar surface area (TPSA) is 80.3 Å². The van der Waals surface area contributed by atoms with Crippen molar-refractivity contribution in [1.82, 2.24) is 10.3 Å². The van der Waals surface area contributed by atoms with E-state index in [1.54, 1.807) is 42.6 Å². The summed E-state index contributed by atoms with van der Waals surface area (Å²) in [6, 6.07) is 21.8. The molecule has 0 saturated carbocycles. The van der Waals surface area contributed by atoms with Crippen LogP contribution in [0.3, 0.4) is 0 Å². The Hall–Kier alpha value is -3.90. The number of fused-ring (bicyclic) bond motifs is 1. The number of hydrogen-bond donors (Lipinski definition) is 2. The van der Waals surface area contributed by atoms with E-state index in [4.69, 9.17) is 16.3 Å². The van der Waals surface area contributed by atoms with Crippen LogP contribution in [0.4, 0.5) is 5.69 Å². The van der Waals surface area contributed by atoms with Gasteiger partial charge in [0.05, 0.1) is 5.02 Å². The van der Waals surface area contributed by atoms with Gasteiger partial charge in [0.2, 0.25) is 0 Å². The maximum Gasteiger partial charge on any atom is 0.258 e. The van der Waals surface area contributed by atoms with E-state index in [0.717, 1.165) is 16.5 Å². The molecule has 4 aromatic rings. The molecule has 33 heavy (non-hydrogen) atoms. The fourth-order valence-corrected chi connectivity index (χ4v) is 3.51. The molecule has 0 spiro atoms. The lowest BCUT2D eigenvalue weighted by atomic mass is 10.1. The number of nitrogens with one attached hydrogen (secondary N) is 2. The molecule has 6 nitrogen and oxygen atoms in total. The van der Waals surface area contributed by atoms with Crippen molar-refractivity contribution in [3.63, 3.8) is 0 Å². The molecular weight excluding hydrogens is 438 g/mol. The SMILES string of the molecule is Cc1ccc(C(=O)Nc2cccc(CNC(=O)COc3ccc(Cl)c4cccnc34)c2)cc1. The lowest BCUT2D eigenvalue weighted by Crippen LogP contribution is -2.28. The Kier molecular flexibility index (Phi) is 6.86. The summed E-state index contributed by atoms with van der Waals surface area (Å²) >= 11 is 6.19. The molecule has 0 bridgehead atoms. The summed E-state index contributed by atoms with van der Waals surface area (Å²) in [5.41, 5.74) is 3.79. The van der Waals surface area contributed by atoms with Crippen LogP contribution in [0.5, 0.6) is 5.75 Å². The number of aryl methyl sites for hydroxylation is 1. The number of carbonyl (C=O) groups excluding carboxylic acids is 2. The summed E-state index contributed by atoms with van der Waals surface area (Å²) in [7, 11) is 0. The molecule has 0 radical (unpaired) electrons. The van der Waals surface area contributed by atoms with Crippen LogP contribution in [0.15, 0.2) is 79.0 Å². The number of nitrogens with zero attached hydrogens (tertiary/aromatic N) is 1. The van der Waals surface area contributed by atoms with Crippen LogP contribution in [0, 0.1) is 6.92 Å². The number of carbonyl (C=O) groups is 2. The highest BCUT2D eigenvalue weighted by Crippen LogP contribution is 2.29. The molecule has 1 heterocycles. The number of pyridine rings is 1. The average molecular weight is 460 g/mol. The van der Waals surface area contributed by atoms with Crippen molar-refractivity contribution in [2.45, 2.75) is 13.5 Å². The Morgan fingerprint density at radius 3 is 2.64 bits per heavy atom. The fourth-order valence-electron chi connectivity index (χ4n) is 3.29. The number of benzene rings is 3. The summed E-state index contributed by atoms with van der Waals surface area (Å²) in [5, 5.41) is 7.04. The third-order valence-electron chi connectivity index (χ3n) is 5.03. The molecule has 2 amide bonds. The van der Waals surface area contributed by atoms with Crippen molar-refractivity contribution in [3.8, 4) is 5.75 Å². The van der Waals surface area contributed by atoms with Gasteiger partial charge in [-0.1, -0.05) is 41.4 Å². The monoisotopic (exact) mass is 459 g/mol. The highest BCUT2D eigenvalue weighted by atomic mass is 35.5. The number of amides is 2. The molecule has 0 atom stereocenters. The maximum atomic E-state index is 12.4. The van der Waals surface area contributed by atoms with E-state index in [2.05, 4.69) is 15.6 Å². The minimum atomic E-state index is -0.275. The van der Waals surface area contributed by atoms with Gasteiger partial charge in [-0.25, -0.2) is 0 Å². The van der Waals surface area contributed by atoms with Crippen molar-refractivity contribution < 1.29 is 14.3 Å². The van der Waals surface area contributed by atoms with Gasteiger partial charge in [-0.15, -0.1) is 0 Å². The van der Waals surface area contributed by atoms with Crippen molar-refractivity contribution in [2.75, 3.05) is 11.9 Å². The summed E-state index contributed by atoms with van der Waals surface area (Å²) in [4.78, 5) is 29.0. The Balaban J connectivity index is 1.32. The zero-order valence-electron chi connectivity index (χ0n) is 18.0. The van der Waals surface area contributed by atoms with Gasteiger partial charge in [0, 0.05) is 29.4 Å². The highest BCUT2D eigenvalue weighted by molar-refractivity contribution is 6.35. The van der Waals surface area contributed by atoms with E-state index < -0.39 is 0 Å². The second-order valence-electron chi connectivity index (χ2n) is 7.53. The van der Waals surface area contributed by atoms with Gasteiger partial charge in [-0.2, -0.15) is 0 Å². The van der Waals surface area contributed by atoms with Crippen LogP contribution in [-0.2, 0) is 11.3 Å². The van der Waals surface area contributed by atoms with Gasteiger partial charge in [-0.05, 0) is 61.0 Å². The molecule has 166 valence electrons. The minimum absolute atomic E-state index is 0.156. The molecule has 4 rings (SSSR count). The Morgan fingerprint density at radius 1 is 1.00 bits per heavy atom. The Morgan fingerprint density at radius 2 is 1.82 bits per heavy atom. The van der Waals surface area contributed by atoms with E-state index in [-0.39, 0.29) is 18.4 Å². The molecule has 0 fully saturated rings. The molecule has 0 aliphatic rings. The second kappa shape index (κ2) is 10.1. The normalized spacial score (nSPS) is 10.6. The van der Waals surface area contributed by atoms with E-state index in [1.807, 2.05) is 43.3 Å². The first-order chi connectivity index (χ1) is 16.0. The number of ether oxygens (including phenoxy) is 1. The van der Waals surface area contributed by atoms with E-state index in [9.17, 15) is 9.59 Å². The number of hydrogen-bond acceptors (Lipinski definition) is 4. The van der Waals surface area contributed by atoms with Crippen molar-refractivity contribution in [3.05, 3.63) is 101 Å². The largest absolute Gasteiger partial charge is 0.481 e. The standard InChI is InChI=1S/C26H22ClN3O3/c1-17-7-9-19(10-8-17)26(32)30-20-5-2-4-18(14-20)15-29-24(31)16-33-23-12-11-22(27)21-6-3-13-28-25(21)23/h2-14H,15-16H2,1H3,(H,29,31)(H,30,32). The molecule has 3 aromatic carbocycles. The quantitative estimate of drug-likeness (QED) is 0.401. The number of halogens is 1. The van der Waals surface area contributed by atoms with Gasteiger partial charge >= 0.3 is 0 Å². The number of aromatic nitrogens is 1. The first-order valence-electron chi connectivity index (χ1n) is 10.4. The second-order valence-corrected chi connectivity index (χ2v) is 7.94.